The van der Waals surface area contributed by atoms with Crippen molar-refractivity contribution in [3.63, 3.8) is 0 Å². The molecule has 1 saturated heterocycles. The highest BCUT2D eigenvalue weighted by Gasteiger charge is 2.34. The highest BCUT2D eigenvalue weighted by Crippen LogP contribution is 2.41. The van der Waals surface area contributed by atoms with Crippen LogP contribution in [0, 0.1) is 11.3 Å². The molecule has 118 valence electrons. The first-order valence-electron chi connectivity index (χ1n) is 8.46. The van der Waals surface area contributed by atoms with Crippen molar-refractivity contribution in [3.05, 3.63) is 23.5 Å². The Kier molecular flexibility index (Phi) is 3.91. The van der Waals surface area contributed by atoms with Gasteiger partial charge in [-0.1, -0.05) is 13.8 Å². The fraction of sp³-hybridized carbons (Fsp3) is 0.778. The monoisotopic (exact) mass is 290 g/mol. The molecule has 2 heterocycles. The highest BCUT2D eigenvalue weighted by molar-refractivity contribution is 5.29. The van der Waals surface area contributed by atoms with E-state index in [1.807, 2.05) is 0 Å². The summed E-state index contributed by atoms with van der Waals surface area (Å²) in [4.78, 5) is 2.58. The van der Waals surface area contributed by atoms with Crippen LogP contribution in [0.4, 0.5) is 0 Å². The van der Waals surface area contributed by atoms with Gasteiger partial charge in [0.25, 0.3) is 0 Å². The molecule has 3 nitrogen and oxygen atoms in total. The van der Waals surface area contributed by atoms with Crippen molar-refractivity contribution in [2.24, 2.45) is 11.3 Å². The van der Waals surface area contributed by atoms with Gasteiger partial charge in [-0.05, 0) is 57.1 Å². The summed E-state index contributed by atoms with van der Waals surface area (Å²) < 4.78 is 2.42. The third kappa shape index (κ3) is 3.04. The van der Waals surface area contributed by atoms with Crippen LogP contribution in [0.25, 0.3) is 0 Å². The number of hydrogen-bond acceptors (Lipinski definition) is 2. The Morgan fingerprint density at radius 2 is 2.14 bits per heavy atom. The van der Waals surface area contributed by atoms with E-state index < -0.39 is 0 Å². The van der Waals surface area contributed by atoms with Gasteiger partial charge in [0.2, 0.25) is 0 Å². The second-order valence-electron chi connectivity index (χ2n) is 8.17. The van der Waals surface area contributed by atoms with Crippen molar-refractivity contribution in [1.29, 1.82) is 0 Å². The highest BCUT2D eigenvalue weighted by atomic mass is 16.3. The third-order valence-electron chi connectivity index (χ3n) is 5.37. The number of nitrogens with zero attached hydrogens (tertiary/aromatic N) is 2. The SMILES string of the molecule is CC(C)N1CCC(Cn2ccc3c2CC(C)(C)CC3O)C1. The summed E-state index contributed by atoms with van der Waals surface area (Å²) in [6, 6.07) is 2.80. The fourth-order valence-corrected chi connectivity index (χ4v) is 4.12. The summed E-state index contributed by atoms with van der Waals surface area (Å²) in [7, 11) is 0. The summed E-state index contributed by atoms with van der Waals surface area (Å²) in [5, 5.41) is 10.4. The van der Waals surface area contributed by atoms with E-state index in [0.29, 0.717) is 6.04 Å². The molecule has 2 aliphatic rings. The van der Waals surface area contributed by atoms with E-state index in [4.69, 9.17) is 0 Å². The Hall–Kier alpha value is -0.800. The largest absolute Gasteiger partial charge is 0.388 e. The van der Waals surface area contributed by atoms with Gasteiger partial charge >= 0.3 is 0 Å². The molecular weight excluding hydrogens is 260 g/mol. The minimum absolute atomic E-state index is 0.210. The Labute approximate surface area is 129 Å². The van der Waals surface area contributed by atoms with E-state index in [1.165, 1.54) is 30.8 Å². The van der Waals surface area contributed by atoms with Crippen molar-refractivity contribution in [2.75, 3.05) is 13.1 Å². The molecule has 1 aliphatic heterocycles. The normalized spacial score (nSPS) is 29.0. The molecule has 0 amide bonds. The molecule has 1 fully saturated rings. The molecule has 1 aromatic heterocycles. The van der Waals surface area contributed by atoms with E-state index in [9.17, 15) is 5.11 Å². The zero-order chi connectivity index (χ0) is 15.2. The molecule has 1 N–H and O–H groups in total. The number of hydrogen-bond donors (Lipinski definition) is 1. The second kappa shape index (κ2) is 5.44. The number of rotatable bonds is 3. The van der Waals surface area contributed by atoms with Crippen LogP contribution in [0.1, 0.15) is 57.9 Å². The summed E-state index contributed by atoms with van der Waals surface area (Å²) >= 11 is 0. The number of likely N-dealkylation sites (tertiary alicyclic amines) is 1. The standard InChI is InChI=1S/C18H30N2O/c1-13(2)19-7-5-14(11-19)12-20-8-6-15-16(20)9-18(3,4)10-17(15)21/h6,8,13-14,17,21H,5,7,9-12H2,1-4H3. The van der Waals surface area contributed by atoms with Gasteiger partial charge in [-0.15, -0.1) is 0 Å². The lowest BCUT2D eigenvalue weighted by Crippen LogP contribution is -2.29. The van der Waals surface area contributed by atoms with Crippen LogP contribution in [0.3, 0.4) is 0 Å². The van der Waals surface area contributed by atoms with Crippen LogP contribution in [-0.4, -0.2) is 33.7 Å². The molecule has 1 aliphatic carbocycles. The van der Waals surface area contributed by atoms with Crippen LogP contribution >= 0.6 is 0 Å². The van der Waals surface area contributed by atoms with E-state index in [-0.39, 0.29) is 11.5 Å². The maximum absolute atomic E-state index is 10.4. The summed E-state index contributed by atoms with van der Waals surface area (Å²) in [6.45, 7) is 12.7. The first-order valence-corrected chi connectivity index (χ1v) is 8.46. The Balaban J connectivity index is 1.74. The minimum Gasteiger partial charge on any atom is -0.388 e. The van der Waals surface area contributed by atoms with Crippen molar-refractivity contribution < 1.29 is 5.11 Å². The first-order chi connectivity index (χ1) is 9.85. The van der Waals surface area contributed by atoms with Crippen molar-refractivity contribution in [1.82, 2.24) is 9.47 Å². The van der Waals surface area contributed by atoms with E-state index in [1.54, 1.807) is 0 Å². The smallest absolute Gasteiger partial charge is 0.0812 e. The molecule has 3 rings (SSSR count). The summed E-state index contributed by atoms with van der Waals surface area (Å²) in [6.07, 6.45) is 5.20. The lowest BCUT2D eigenvalue weighted by Gasteiger charge is -2.34. The van der Waals surface area contributed by atoms with Gasteiger partial charge in [0, 0.05) is 36.6 Å². The van der Waals surface area contributed by atoms with Gasteiger partial charge in [-0.3, -0.25) is 0 Å². The van der Waals surface area contributed by atoms with Crippen LogP contribution in [-0.2, 0) is 13.0 Å². The minimum atomic E-state index is -0.277. The number of fused-ring (bicyclic) bond motifs is 1. The number of aliphatic hydroxyl groups is 1. The first kappa shape index (κ1) is 15.1. The van der Waals surface area contributed by atoms with Crippen molar-refractivity contribution in [2.45, 2.75) is 65.6 Å². The van der Waals surface area contributed by atoms with Gasteiger partial charge in [0.1, 0.15) is 0 Å². The molecule has 0 saturated carbocycles. The van der Waals surface area contributed by atoms with Crippen LogP contribution in [0.15, 0.2) is 12.3 Å². The molecule has 0 bridgehead atoms. The van der Waals surface area contributed by atoms with Crippen LogP contribution < -0.4 is 0 Å². The number of aliphatic hydroxyl groups excluding tert-OH is 1. The predicted octanol–water partition coefficient (Wildman–Crippen LogP) is 3.22. The van der Waals surface area contributed by atoms with Gasteiger partial charge in [-0.2, -0.15) is 0 Å². The van der Waals surface area contributed by atoms with Crippen LogP contribution in [0.5, 0.6) is 0 Å². The van der Waals surface area contributed by atoms with Gasteiger partial charge in [-0.25, -0.2) is 0 Å². The lowest BCUT2D eigenvalue weighted by atomic mass is 9.75. The average molecular weight is 290 g/mol. The molecule has 1 aromatic rings. The molecule has 3 heteroatoms. The van der Waals surface area contributed by atoms with Crippen LogP contribution in [0.2, 0.25) is 0 Å². The molecule has 2 atom stereocenters. The quantitative estimate of drug-likeness (QED) is 0.926. The average Bonchev–Trinajstić information content (AvgIpc) is 2.96. The zero-order valence-corrected chi connectivity index (χ0v) is 14.0. The fourth-order valence-electron chi connectivity index (χ4n) is 4.12. The van der Waals surface area contributed by atoms with Gasteiger partial charge in [0.15, 0.2) is 0 Å². The Morgan fingerprint density at radius 3 is 2.81 bits per heavy atom. The van der Waals surface area contributed by atoms with E-state index in [2.05, 4.69) is 49.4 Å². The van der Waals surface area contributed by atoms with E-state index >= 15 is 0 Å². The Bertz CT molecular complexity index is 503. The molecular formula is C18H30N2O. The second-order valence-corrected chi connectivity index (χ2v) is 8.17. The molecule has 0 spiro atoms. The topological polar surface area (TPSA) is 28.4 Å². The predicted molar refractivity (Wildman–Crippen MR) is 86.3 cm³/mol. The Morgan fingerprint density at radius 1 is 1.38 bits per heavy atom. The number of aromatic nitrogens is 1. The summed E-state index contributed by atoms with van der Waals surface area (Å²) in [5.41, 5.74) is 2.76. The third-order valence-corrected chi connectivity index (χ3v) is 5.37. The zero-order valence-electron chi connectivity index (χ0n) is 14.0. The van der Waals surface area contributed by atoms with Gasteiger partial charge < -0.3 is 14.6 Å². The lowest BCUT2D eigenvalue weighted by molar-refractivity contribution is 0.0976. The molecule has 0 aromatic carbocycles. The molecule has 21 heavy (non-hydrogen) atoms. The van der Waals surface area contributed by atoms with Crippen molar-refractivity contribution >= 4 is 0 Å². The summed E-state index contributed by atoms with van der Waals surface area (Å²) in [5.74, 6) is 0.756. The van der Waals surface area contributed by atoms with Crippen molar-refractivity contribution in [3.8, 4) is 0 Å². The maximum atomic E-state index is 10.4. The molecule has 2 unspecified atom stereocenters. The molecule has 0 radical (unpaired) electrons. The maximum Gasteiger partial charge on any atom is 0.0812 e. The van der Waals surface area contributed by atoms with Gasteiger partial charge in [0.05, 0.1) is 6.10 Å². The van der Waals surface area contributed by atoms with E-state index in [0.717, 1.165) is 25.3 Å².